The highest BCUT2D eigenvalue weighted by Crippen LogP contribution is 2.24. The van der Waals surface area contributed by atoms with Crippen molar-refractivity contribution in [3.8, 4) is 0 Å². The number of nitrogens with one attached hydrogen (secondary N) is 1. The van der Waals surface area contributed by atoms with Crippen LogP contribution in [0.15, 0.2) is 28.7 Å². The molecule has 0 aliphatic rings. The molecule has 1 aromatic rings. The quantitative estimate of drug-likeness (QED) is 0.848. The standard InChI is InChI=1S/C14H20BrNO2/c1-10(11-7-5-6-8-12(11)15)16-9-14(2,3)13(17)18-4/h5-8,10,16H,9H2,1-4H3/t10-/m1/s1. The minimum atomic E-state index is -0.524. The third-order valence-electron chi connectivity index (χ3n) is 2.96. The van der Waals surface area contributed by atoms with Crippen LogP contribution in [0.1, 0.15) is 32.4 Å². The summed E-state index contributed by atoms with van der Waals surface area (Å²) in [6, 6.07) is 8.23. The molecule has 0 bridgehead atoms. The van der Waals surface area contributed by atoms with Gasteiger partial charge in [-0.1, -0.05) is 34.1 Å². The Morgan fingerprint density at radius 1 is 1.44 bits per heavy atom. The van der Waals surface area contributed by atoms with Gasteiger partial charge < -0.3 is 10.1 Å². The molecule has 0 saturated heterocycles. The van der Waals surface area contributed by atoms with E-state index in [0.717, 1.165) is 4.47 Å². The second-order valence-electron chi connectivity index (χ2n) is 5.00. The van der Waals surface area contributed by atoms with Crippen LogP contribution in [0.25, 0.3) is 0 Å². The largest absolute Gasteiger partial charge is 0.469 e. The Hall–Kier alpha value is -0.870. The van der Waals surface area contributed by atoms with E-state index in [1.54, 1.807) is 0 Å². The molecule has 0 aliphatic carbocycles. The van der Waals surface area contributed by atoms with Crippen LogP contribution in [-0.2, 0) is 9.53 Å². The molecule has 1 rings (SSSR count). The van der Waals surface area contributed by atoms with E-state index in [2.05, 4.69) is 34.2 Å². The van der Waals surface area contributed by atoms with Gasteiger partial charge in [0, 0.05) is 17.1 Å². The predicted octanol–water partition coefficient (Wildman–Crippen LogP) is 3.30. The Kier molecular flexibility index (Phi) is 5.35. The Morgan fingerprint density at radius 3 is 2.61 bits per heavy atom. The number of carbonyl (C=O) groups is 1. The predicted molar refractivity (Wildman–Crippen MR) is 76.4 cm³/mol. The number of ether oxygens (including phenoxy) is 1. The number of halogens is 1. The molecule has 1 N–H and O–H groups in total. The molecule has 1 atom stereocenters. The Bertz CT molecular complexity index is 418. The molecule has 0 aliphatic heterocycles. The monoisotopic (exact) mass is 313 g/mol. The molecule has 18 heavy (non-hydrogen) atoms. The molecule has 0 unspecified atom stereocenters. The third-order valence-corrected chi connectivity index (χ3v) is 3.68. The van der Waals surface area contributed by atoms with Gasteiger partial charge >= 0.3 is 5.97 Å². The van der Waals surface area contributed by atoms with E-state index in [0.29, 0.717) is 6.54 Å². The summed E-state index contributed by atoms with van der Waals surface area (Å²) >= 11 is 3.53. The first-order valence-corrected chi connectivity index (χ1v) is 6.74. The Morgan fingerprint density at radius 2 is 2.06 bits per heavy atom. The van der Waals surface area contributed by atoms with E-state index >= 15 is 0 Å². The smallest absolute Gasteiger partial charge is 0.312 e. The van der Waals surface area contributed by atoms with Gasteiger partial charge in [0.25, 0.3) is 0 Å². The van der Waals surface area contributed by atoms with Crippen LogP contribution in [0.3, 0.4) is 0 Å². The summed E-state index contributed by atoms with van der Waals surface area (Å²) in [6.07, 6.45) is 0. The normalized spacial score (nSPS) is 13.2. The number of hydrogen-bond acceptors (Lipinski definition) is 3. The van der Waals surface area contributed by atoms with Crippen molar-refractivity contribution >= 4 is 21.9 Å². The first kappa shape index (κ1) is 15.2. The lowest BCUT2D eigenvalue weighted by Crippen LogP contribution is -2.38. The number of carbonyl (C=O) groups excluding carboxylic acids is 1. The van der Waals surface area contributed by atoms with Gasteiger partial charge in [0.1, 0.15) is 0 Å². The highest BCUT2D eigenvalue weighted by Gasteiger charge is 2.29. The van der Waals surface area contributed by atoms with Gasteiger partial charge in [-0.3, -0.25) is 4.79 Å². The van der Waals surface area contributed by atoms with Crippen LogP contribution >= 0.6 is 15.9 Å². The average Bonchev–Trinajstić information content (AvgIpc) is 2.35. The topological polar surface area (TPSA) is 38.3 Å². The van der Waals surface area contributed by atoms with Crippen molar-refractivity contribution < 1.29 is 9.53 Å². The fraction of sp³-hybridized carbons (Fsp3) is 0.500. The minimum absolute atomic E-state index is 0.171. The molecular weight excluding hydrogens is 294 g/mol. The molecule has 0 fully saturated rings. The van der Waals surface area contributed by atoms with Crippen molar-refractivity contribution in [1.29, 1.82) is 0 Å². The molecule has 0 amide bonds. The molecule has 0 aromatic heterocycles. The lowest BCUT2D eigenvalue weighted by molar-refractivity contribution is -0.150. The van der Waals surface area contributed by atoms with Crippen molar-refractivity contribution in [1.82, 2.24) is 5.32 Å². The van der Waals surface area contributed by atoms with Gasteiger partial charge in [-0.2, -0.15) is 0 Å². The summed E-state index contributed by atoms with van der Waals surface area (Å²) in [7, 11) is 1.42. The van der Waals surface area contributed by atoms with E-state index in [1.807, 2.05) is 32.0 Å². The van der Waals surface area contributed by atoms with Gasteiger partial charge in [0.2, 0.25) is 0 Å². The zero-order chi connectivity index (χ0) is 13.8. The Balaban J connectivity index is 2.64. The lowest BCUT2D eigenvalue weighted by atomic mass is 9.93. The lowest BCUT2D eigenvalue weighted by Gasteiger charge is -2.25. The van der Waals surface area contributed by atoms with E-state index in [4.69, 9.17) is 4.74 Å². The zero-order valence-corrected chi connectivity index (χ0v) is 12.9. The second kappa shape index (κ2) is 6.34. The number of rotatable bonds is 5. The van der Waals surface area contributed by atoms with Gasteiger partial charge in [0.15, 0.2) is 0 Å². The van der Waals surface area contributed by atoms with Gasteiger partial charge in [-0.05, 0) is 32.4 Å². The molecule has 0 spiro atoms. The summed E-state index contributed by atoms with van der Waals surface area (Å²) in [5, 5.41) is 3.36. The molecule has 100 valence electrons. The van der Waals surface area contributed by atoms with Crippen molar-refractivity contribution in [3.05, 3.63) is 34.3 Å². The zero-order valence-electron chi connectivity index (χ0n) is 11.3. The number of hydrogen-bond donors (Lipinski definition) is 1. The molecule has 0 saturated carbocycles. The van der Waals surface area contributed by atoms with Crippen molar-refractivity contribution in [2.45, 2.75) is 26.8 Å². The van der Waals surface area contributed by atoms with E-state index in [1.165, 1.54) is 12.7 Å². The second-order valence-corrected chi connectivity index (χ2v) is 5.85. The highest BCUT2D eigenvalue weighted by molar-refractivity contribution is 9.10. The third kappa shape index (κ3) is 3.82. The molecule has 3 nitrogen and oxygen atoms in total. The highest BCUT2D eigenvalue weighted by atomic mass is 79.9. The van der Waals surface area contributed by atoms with Crippen LogP contribution < -0.4 is 5.32 Å². The van der Waals surface area contributed by atoms with Crippen molar-refractivity contribution in [2.75, 3.05) is 13.7 Å². The summed E-state index contributed by atoms with van der Waals surface area (Å²) < 4.78 is 5.86. The van der Waals surface area contributed by atoms with Crippen molar-refractivity contribution in [3.63, 3.8) is 0 Å². The summed E-state index contributed by atoms with van der Waals surface area (Å²) in [6.45, 7) is 6.40. The van der Waals surface area contributed by atoms with Gasteiger partial charge in [0.05, 0.1) is 12.5 Å². The summed E-state index contributed by atoms with van der Waals surface area (Å²) in [4.78, 5) is 11.6. The van der Waals surface area contributed by atoms with Crippen molar-refractivity contribution in [2.24, 2.45) is 5.41 Å². The number of benzene rings is 1. The molecule has 0 heterocycles. The van der Waals surface area contributed by atoms with Crippen LogP contribution in [0, 0.1) is 5.41 Å². The van der Waals surface area contributed by atoms with Crippen LogP contribution in [0.4, 0.5) is 0 Å². The average molecular weight is 314 g/mol. The minimum Gasteiger partial charge on any atom is -0.469 e. The van der Waals surface area contributed by atoms with E-state index < -0.39 is 5.41 Å². The van der Waals surface area contributed by atoms with Crippen LogP contribution in [-0.4, -0.2) is 19.6 Å². The first-order valence-electron chi connectivity index (χ1n) is 5.94. The SMILES string of the molecule is COC(=O)C(C)(C)CN[C@H](C)c1ccccc1Br. The number of esters is 1. The molecule has 0 radical (unpaired) electrons. The Labute approximate surface area is 117 Å². The first-order chi connectivity index (χ1) is 8.38. The summed E-state index contributed by atoms with van der Waals surface area (Å²) in [5.74, 6) is -0.200. The summed E-state index contributed by atoms with van der Waals surface area (Å²) in [5.41, 5.74) is 0.655. The molecule has 1 aromatic carbocycles. The van der Waals surface area contributed by atoms with E-state index in [9.17, 15) is 4.79 Å². The maximum absolute atomic E-state index is 11.6. The fourth-order valence-electron chi connectivity index (χ4n) is 1.69. The number of methoxy groups -OCH3 is 1. The fourth-order valence-corrected chi connectivity index (χ4v) is 2.32. The van der Waals surface area contributed by atoms with Crippen LogP contribution in [0.2, 0.25) is 0 Å². The van der Waals surface area contributed by atoms with E-state index in [-0.39, 0.29) is 12.0 Å². The molecule has 4 heteroatoms. The van der Waals surface area contributed by atoms with Crippen LogP contribution in [0.5, 0.6) is 0 Å². The molecular formula is C14H20BrNO2. The maximum Gasteiger partial charge on any atom is 0.312 e. The van der Waals surface area contributed by atoms with Gasteiger partial charge in [-0.15, -0.1) is 0 Å². The maximum atomic E-state index is 11.6. The van der Waals surface area contributed by atoms with Gasteiger partial charge in [-0.25, -0.2) is 0 Å².